The van der Waals surface area contributed by atoms with Gasteiger partial charge in [-0.15, -0.1) is 0 Å². The lowest BCUT2D eigenvalue weighted by molar-refractivity contribution is -0.118. The number of ketones is 1. The Morgan fingerprint density at radius 2 is 2.19 bits per heavy atom. The second kappa shape index (κ2) is 7.01. The molecule has 26 heavy (non-hydrogen) atoms. The fraction of sp³-hybridized carbons (Fsp3) is 0.500. The van der Waals surface area contributed by atoms with E-state index < -0.39 is 0 Å². The third-order valence-corrected chi connectivity index (χ3v) is 6.02. The molecule has 1 aliphatic heterocycles. The van der Waals surface area contributed by atoms with E-state index >= 15 is 0 Å². The highest BCUT2D eigenvalue weighted by atomic mass is 16.3. The van der Waals surface area contributed by atoms with E-state index in [0.29, 0.717) is 24.7 Å². The second-order valence-electron chi connectivity index (χ2n) is 7.77. The predicted molar refractivity (Wildman–Crippen MR) is 105 cm³/mol. The van der Waals surface area contributed by atoms with E-state index in [9.17, 15) is 9.90 Å². The number of nitrogens with zero attached hydrogens (tertiary/aromatic N) is 2. The smallest absolute Gasteiger partial charge is 0.132 e. The van der Waals surface area contributed by atoms with Crippen molar-refractivity contribution in [2.45, 2.75) is 45.2 Å². The summed E-state index contributed by atoms with van der Waals surface area (Å²) in [5.41, 5.74) is 5.38. The molecule has 1 aromatic carbocycles. The number of benzene rings is 1. The lowest BCUT2D eigenvalue weighted by Crippen LogP contribution is -2.43. The van der Waals surface area contributed by atoms with Crippen molar-refractivity contribution in [2.24, 2.45) is 5.92 Å². The molecule has 2 aliphatic rings. The average Bonchev–Trinajstić information content (AvgIpc) is 3.01. The largest absolute Gasteiger partial charge is 0.396 e. The van der Waals surface area contributed by atoms with Crippen LogP contribution in [0.1, 0.15) is 37.3 Å². The molecule has 0 unspecified atom stereocenters. The van der Waals surface area contributed by atoms with E-state index in [-0.39, 0.29) is 12.5 Å². The van der Waals surface area contributed by atoms with Crippen molar-refractivity contribution in [1.29, 1.82) is 0 Å². The molecule has 2 atom stereocenters. The van der Waals surface area contributed by atoms with Crippen LogP contribution in [0.15, 0.2) is 30.5 Å². The first-order valence-electron chi connectivity index (χ1n) is 9.78. The molecule has 0 saturated carbocycles. The average molecular weight is 352 g/mol. The maximum atomic E-state index is 11.6. The van der Waals surface area contributed by atoms with Gasteiger partial charge in [-0.05, 0) is 42.7 Å². The van der Waals surface area contributed by atoms with Crippen molar-refractivity contribution < 1.29 is 9.90 Å². The van der Waals surface area contributed by atoms with E-state index in [4.69, 9.17) is 0 Å². The summed E-state index contributed by atoms with van der Waals surface area (Å²) in [7, 11) is 2.17. The highest BCUT2D eigenvalue weighted by Crippen LogP contribution is 2.41. The standard InChI is InChI=1S/C22H28N2O2/c1-3-17(26)6-5-9-24-13-16-11-21-19(10-15(14-25)12-23(21)2)18-7-4-8-20(24)22(16)18/h4,7-8,10,13,15,21,25H,3,5-6,9,11-12,14H2,1-2H3/t15-,21-/m1/s1. The van der Waals surface area contributed by atoms with Crippen LogP contribution < -0.4 is 0 Å². The molecule has 2 aromatic rings. The van der Waals surface area contributed by atoms with Crippen molar-refractivity contribution in [2.75, 3.05) is 20.2 Å². The first-order chi connectivity index (χ1) is 12.6. The van der Waals surface area contributed by atoms with Crippen LogP contribution in [0, 0.1) is 5.92 Å². The van der Waals surface area contributed by atoms with E-state index in [1.807, 2.05) is 6.92 Å². The fourth-order valence-corrected chi connectivity index (χ4v) is 4.65. The topological polar surface area (TPSA) is 45.5 Å². The minimum absolute atomic E-state index is 0.204. The number of hydrogen-bond acceptors (Lipinski definition) is 3. The zero-order chi connectivity index (χ0) is 18.3. The van der Waals surface area contributed by atoms with E-state index in [2.05, 4.69) is 47.0 Å². The molecule has 138 valence electrons. The van der Waals surface area contributed by atoms with Crippen LogP contribution in [0.4, 0.5) is 0 Å². The van der Waals surface area contributed by atoms with Gasteiger partial charge in [-0.2, -0.15) is 0 Å². The molecule has 0 bridgehead atoms. The summed E-state index contributed by atoms with van der Waals surface area (Å²) in [6, 6.07) is 6.96. The third-order valence-electron chi connectivity index (χ3n) is 6.02. The highest BCUT2D eigenvalue weighted by Gasteiger charge is 2.33. The minimum atomic E-state index is 0.204. The van der Waals surface area contributed by atoms with Gasteiger partial charge in [0.1, 0.15) is 5.78 Å². The molecule has 4 nitrogen and oxygen atoms in total. The Morgan fingerprint density at radius 3 is 2.96 bits per heavy atom. The van der Waals surface area contributed by atoms with Crippen LogP contribution in [-0.2, 0) is 17.8 Å². The number of hydrogen-bond donors (Lipinski definition) is 1. The molecule has 0 saturated heterocycles. The molecular weight excluding hydrogens is 324 g/mol. The minimum Gasteiger partial charge on any atom is -0.396 e. The summed E-state index contributed by atoms with van der Waals surface area (Å²) in [4.78, 5) is 14.0. The van der Waals surface area contributed by atoms with Crippen LogP contribution in [0.5, 0.6) is 0 Å². The zero-order valence-corrected chi connectivity index (χ0v) is 15.7. The number of aromatic nitrogens is 1. The normalized spacial score (nSPS) is 22.3. The molecule has 4 rings (SSSR count). The van der Waals surface area contributed by atoms with Gasteiger partial charge in [0.15, 0.2) is 0 Å². The van der Waals surface area contributed by atoms with E-state index in [1.54, 1.807) is 0 Å². The number of carbonyl (C=O) groups excluding carboxylic acids is 1. The summed E-state index contributed by atoms with van der Waals surface area (Å²) in [6.45, 7) is 3.95. The van der Waals surface area contributed by atoms with Gasteiger partial charge in [0.25, 0.3) is 0 Å². The van der Waals surface area contributed by atoms with Gasteiger partial charge in [0.2, 0.25) is 0 Å². The Morgan fingerprint density at radius 1 is 1.35 bits per heavy atom. The SMILES string of the molecule is CCC(=O)CCCn1cc2c3c(cccc31)C1=C[C@@H](CO)CN(C)[C@@H]1C2. The quantitative estimate of drug-likeness (QED) is 0.868. The number of aryl methyl sites for hydroxylation is 1. The van der Waals surface area contributed by atoms with E-state index in [1.165, 1.54) is 27.6 Å². The first kappa shape index (κ1) is 17.5. The van der Waals surface area contributed by atoms with Crippen molar-refractivity contribution in [3.63, 3.8) is 0 Å². The third kappa shape index (κ3) is 2.91. The lowest BCUT2D eigenvalue weighted by Gasteiger charge is -2.39. The van der Waals surface area contributed by atoms with Gasteiger partial charge in [-0.3, -0.25) is 9.69 Å². The Kier molecular flexibility index (Phi) is 4.72. The molecule has 0 fully saturated rings. The maximum Gasteiger partial charge on any atom is 0.132 e. The number of fused-ring (bicyclic) bond motifs is 2. The van der Waals surface area contributed by atoms with E-state index in [0.717, 1.165) is 25.9 Å². The van der Waals surface area contributed by atoms with Crippen molar-refractivity contribution >= 4 is 22.3 Å². The summed E-state index contributed by atoms with van der Waals surface area (Å²) in [5, 5.41) is 11.0. The molecule has 0 amide bonds. The summed E-state index contributed by atoms with van der Waals surface area (Å²) < 4.78 is 2.33. The highest BCUT2D eigenvalue weighted by molar-refractivity contribution is 5.98. The van der Waals surface area contributed by atoms with Gasteiger partial charge in [-0.1, -0.05) is 25.1 Å². The Bertz CT molecular complexity index is 864. The molecule has 0 radical (unpaired) electrons. The Hall–Kier alpha value is -1.91. The molecule has 4 heteroatoms. The maximum absolute atomic E-state index is 11.6. The molecule has 1 aromatic heterocycles. The van der Waals surface area contributed by atoms with Crippen molar-refractivity contribution in [1.82, 2.24) is 9.47 Å². The number of carbonyl (C=O) groups is 1. The van der Waals surface area contributed by atoms with Gasteiger partial charge in [0.05, 0.1) is 6.61 Å². The Labute approximate surface area is 155 Å². The molecule has 2 heterocycles. The molecule has 1 N–H and O–H groups in total. The van der Waals surface area contributed by atoms with Gasteiger partial charge in [0, 0.05) is 55.0 Å². The monoisotopic (exact) mass is 352 g/mol. The number of likely N-dealkylation sites (N-methyl/N-ethyl adjacent to an activating group) is 1. The molecule has 1 aliphatic carbocycles. The molecule has 0 spiro atoms. The summed E-state index contributed by atoms with van der Waals surface area (Å²) in [5.74, 6) is 0.560. The number of rotatable bonds is 6. The fourth-order valence-electron chi connectivity index (χ4n) is 4.65. The molecular formula is C22H28N2O2. The van der Waals surface area contributed by atoms with Crippen LogP contribution in [0.25, 0.3) is 16.5 Å². The second-order valence-corrected chi connectivity index (χ2v) is 7.77. The van der Waals surface area contributed by atoms with Gasteiger partial charge in [-0.25, -0.2) is 0 Å². The van der Waals surface area contributed by atoms with Gasteiger partial charge >= 0.3 is 0 Å². The van der Waals surface area contributed by atoms with Crippen molar-refractivity contribution in [3.8, 4) is 0 Å². The Balaban J connectivity index is 1.71. The lowest BCUT2D eigenvalue weighted by atomic mass is 9.80. The summed E-state index contributed by atoms with van der Waals surface area (Å²) in [6.07, 6.45) is 7.82. The van der Waals surface area contributed by atoms with Crippen LogP contribution in [0.3, 0.4) is 0 Å². The van der Waals surface area contributed by atoms with Crippen LogP contribution in [0.2, 0.25) is 0 Å². The van der Waals surface area contributed by atoms with Crippen LogP contribution in [-0.4, -0.2) is 46.6 Å². The van der Waals surface area contributed by atoms with Crippen molar-refractivity contribution in [3.05, 3.63) is 41.6 Å². The zero-order valence-electron chi connectivity index (χ0n) is 15.7. The van der Waals surface area contributed by atoms with Gasteiger partial charge < -0.3 is 9.67 Å². The number of aliphatic hydroxyl groups excluding tert-OH is 1. The number of Topliss-reactive ketones (excluding diaryl/α,β-unsaturated/α-hetero) is 1. The van der Waals surface area contributed by atoms with Crippen LogP contribution >= 0.6 is 0 Å². The number of aliphatic hydroxyl groups is 1. The predicted octanol–water partition coefficient (Wildman–Crippen LogP) is 3.26. The summed E-state index contributed by atoms with van der Waals surface area (Å²) >= 11 is 0. The first-order valence-corrected chi connectivity index (χ1v) is 9.78.